The molecule has 0 amide bonds. The zero-order valence-corrected chi connectivity index (χ0v) is 14.5. The number of hydrogen-bond acceptors (Lipinski definition) is 3. The molecule has 0 unspecified atom stereocenters. The summed E-state index contributed by atoms with van der Waals surface area (Å²) in [5.74, 6) is 0.927. The quantitative estimate of drug-likeness (QED) is 0.861. The van der Waals surface area contributed by atoms with Gasteiger partial charge in [-0.3, -0.25) is 0 Å². The molecule has 3 aliphatic rings. The number of aliphatic hydroxyl groups excluding tert-OH is 1. The van der Waals surface area contributed by atoms with E-state index in [0.29, 0.717) is 0 Å². The third-order valence-electron chi connectivity index (χ3n) is 7.17. The summed E-state index contributed by atoms with van der Waals surface area (Å²) in [6.07, 6.45) is 6.55. The first kappa shape index (κ1) is 15.5. The van der Waals surface area contributed by atoms with Gasteiger partial charge in [-0.2, -0.15) is 0 Å². The summed E-state index contributed by atoms with van der Waals surface area (Å²) in [5.41, 5.74) is 1.34. The van der Waals surface area contributed by atoms with E-state index >= 15 is 0 Å². The fourth-order valence-corrected chi connectivity index (χ4v) is 5.78. The maximum atomic E-state index is 10.6. The van der Waals surface area contributed by atoms with E-state index in [1.807, 2.05) is 6.07 Å². The van der Waals surface area contributed by atoms with Crippen LogP contribution < -0.4 is 4.74 Å². The van der Waals surface area contributed by atoms with Crippen LogP contribution in [0.25, 0.3) is 0 Å². The van der Waals surface area contributed by atoms with E-state index in [1.54, 1.807) is 7.11 Å². The van der Waals surface area contributed by atoms with E-state index in [1.165, 1.54) is 18.4 Å². The van der Waals surface area contributed by atoms with Gasteiger partial charge < -0.3 is 14.6 Å². The van der Waals surface area contributed by atoms with Crippen molar-refractivity contribution in [2.75, 3.05) is 7.11 Å². The van der Waals surface area contributed by atoms with Crippen molar-refractivity contribution in [3.05, 3.63) is 29.8 Å². The van der Waals surface area contributed by atoms with Gasteiger partial charge in [0.05, 0.1) is 19.3 Å². The van der Waals surface area contributed by atoms with Crippen LogP contribution in [-0.2, 0) is 11.2 Å². The summed E-state index contributed by atoms with van der Waals surface area (Å²) in [4.78, 5) is 0. The number of rotatable bonds is 4. The maximum Gasteiger partial charge on any atom is 0.119 e. The highest BCUT2D eigenvalue weighted by atomic mass is 16.6. The number of aliphatic hydroxyl groups is 1. The molecule has 1 N–H and O–H groups in total. The first-order chi connectivity index (χ1) is 11.0. The second-order valence-corrected chi connectivity index (χ2v) is 8.28. The minimum absolute atomic E-state index is 0.0565. The number of epoxide rings is 1. The van der Waals surface area contributed by atoms with Gasteiger partial charge in [-0.15, -0.1) is 0 Å². The summed E-state index contributed by atoms with van der Waals surface area (Å²) in [7, 11) is 1.72. The molecule has 126 valence electrons. The lowest BCUT2D eigenvalue weighted by molar-refractivity contribution is -0.106. The normalized spacial score (nSPS) is 44.5. The van der Waals surface area contributed by atoms with Gasteiger partial charge >= 0.3 is 0 Å². The SMILES string of the molecule is COc1cccc(CC[C@@]2(C)CCC[C@]3(C)[C@@H](O)C[C@@H]4O[C@]423)c1. The van der Waals surface area contributed by atoms with E-state index in [-0.39, 0.29) is 28.6 Å². The van der Waals surface area contributed by atoms with Gasteiger partial charge in [0.2, 0.25) is 0 Å². The van der Waals surface area contributed by atoms with E-state index < -0.39 is 0 Å². The van der Waals surface area contributed by atoms with Crippen LogP contribution in [0, 0.1) is 10.8 Å². The fourth-order valence-electron chi connectivity index (χ4n) is 5.78. The lowest BCUT2D eigenvalue weighted by Gasteiger charge is -2.51. The third-order valence-corrected chi connectivity index (χ3v) is 7.17. The van der Waals surface area contributed by atoms with Gasteiger partial charge in [-0.25, -0.2) is 0 Å². The molecule has 1 heterocycles. The van der Waals surface area contributed by atoms with E-state index in [2.05, 4.69) is 32.0 Å². The molecule has 2 aliphatic carbocycles. The molecule has 1 spiro atoms. The van der Waals surface area contributed by atoms with Gasteiger partial charge in [0.25, 0.3) is 0 Å². The standard InChI is InChI=1S/C20H28O3/c1-18(11-8-14-6-4-7-15(12-14)22-3)9-5-10-19(2)16(21)13-17-20(18,19)23-17/h4,6-7,12,16-17,21H,5,8-11,13H2,1-3H3/t16-,17-,18+,19+,20+/m0/s1. The van der Waals surface area contributed by atoms with Gasteiger partial charge in [0.15, 0.2) is 0 Å². The van der Waals surface area contributed by atoms with Gasteiger partial charge in [-0.1, -0.05) is 32.4 Å². The second-order valence-electron chi connectivity index (χ2n) is 8.28. The molecule has 1 aromatic carbocycles. The molecule has 23 heavy (non-hydrogen) atoms. The van der Waals surface area contributed by atoms with Crippen LogP contribution in [0.5, 0.6) is 5.75 Å². The third kappa shape index (κ3) is 1.96. The van der Waals surface area contributed by atoms with Gasteiger partial charge in [0, 0.05) is 17.3 Å². The van der Waals surface area contributed by atoms with Crippen LogP contribution in [0.3, 0.4) is 0 Å². The molecule has 0 radical (unpaired) electrons. The highest BCUT2D eigenvalue weighted by molar-refractivity contribution is 5.31. The molecule has 0 bridgehead atoms. The van der Waals surface area contributed by atoms with Crippen molar-refractivity contribution < 1.29 is 14.6 Å². The van der Waals surface area contributed by atoms with Gasteiger partial charge in [-0.05, 0) is 43.4 Å². The Morgan fingerprint density at radius 3 is 2.91 bits per heavy atom. The van der Waals surface area contributed by atoms with E-state index in [0.717, 1.165) is 31.4 Å². The summed E-state index contributed by atoms with van der Waals surface area (Å²) >= 11 is 0. The molecule has 3 nitrogen and oxygen atoms in total. The molecular formula is C20H28O3. The summed E-state index contributed by atoms with van der Waals surface area (Å²) in [6, 6.07) is 8.38. The second kappa shape index (κ2) is 4.97. The summed E-state index contributed by atoms with van der Waals surface area (Å²) < 4.78 is 11.6. The van der Waals surface area contributed by atoms with Crippen molar-refractivity contribution in [1.29, 1.82) is 0 Å². The van der Waals surface area contributed by atoms with Crippen molar-refractivity contribution in [2.24, 2.45) is 10.8 Å². The van der Waals surface area contributed by atoms with Crippen LogP contribution in [0.15, 0.2) is 24.3 Å². The first-order valence-electron chi connectivity index (χ1n) is 8.94. The number of methoxy groups -OCH3 is 1. The lowest BCUT2D eigenvalue weighted by atomic mass is 9.54. The highest BCUT2D eigenvalue weighted by Gasteiger charge is 2.81. The van der Waals surface area contributed by atoms with Gasteiger partial charge in [0.1, 0.15) is 11.4 Å². The Morgan fingerprint density at radius 2 is 2.13 bits per heavy atom. The fraction of sp³-hybridized carbons (Fsp3) is 0.700. The maximum absolute atomic E-state index is 10.6. The minimum atomic E-state index is -0.197. The number of benzene rings is 1. The van der Waals surface area contributed by atoms with Crippen molar-refractivity contribution >= 4 is 0 Å². The average Bonchev–Trinajstić information content (AvgIpc) is 3.22. The molecule has 2 saturated carbocycles. The molecule has 4 rings (SSSR count). The molecule has 3 fully saturated rings. The molecule has 1 aromatic rings. The van der Waals surface area contributed by atoms with Crippen molar-refractivity contribution in [2.45, 2.75) is 70.2 Å². The Bertz CT molecular complexity index is 615. The Morgan fingerprint density at radius 1 is 1.30 bits per heavy atom. The average molecular weight is 316 g/mol. The van der Waals surface area contributed by atoms with E-state index in [9.17, 15) is 5.11 Å². The predicted octanol–water partition coefficient (Wildman–Crippen LogP) is 3.73. The monoisotopic (exact) mass is 316 g/mol. The van der Waals surface area contributed by atoms with Crippen LogP contribution in [0.2, 0.25) is 0 Å². The van der Waals surface area contributed by atoms with Crippen LogP contribution >= 0.6 is 0 Å². The highest BCUT2D eigenvalue weighted by Crippen LogP contribution is 2.73. The first-order valence-corrected chi connectivity index (χ1v) is 8.94. The number of ether oxygens (including phenoxy) is 2. The van der Waals surface area contributed by atoms with E-state index in [4.69, 9.17) is 9.47 Å². The smallest absolute Gasteiger partial charge is 0.119 e. The summed E-state index contributed by atoms with van der Waals surface area (Å²) in [6.45, 7) is 4.65. The van der Waals surface area contributed by atoms with Crippen molar-refractivity contribution in [3.8, 4) is 5.75 Å². The Kier molecular flexibility index (Phi) is 3.34. The zero-order chi connectivity index (χ0) is 16.3. The Balaban J connectivity index is 1.56. The van der Waals surface area contributed by atoms with Crippen LogP contribution in [-0.4, -0.2) is 30.0 Å². The predicted molar refractivity (Wildman–Crippen MR) is 89.6 cm³/mol. The largest absolute Gasteiger partial charge is 0.497 e. The van der Waals surface area contributed by atoms with Crippen molar-refractivity contribution in [3.63, 3.8) is 0 Å². The molecule has 1 aliphatic heterocycles. The Hall–Kier alpha value is -1.06. The van der Waals surface area contributed by atoms with Crippen molar-refractivity contribution in [1.82, 2.24) is 0 Å². The number of hydrogen-bond donors (Lipinski definition) is 1. The lowest BCUT2D eigenvalue weighted by Crippen LogP contribution is -2.54. The molecule has 5 atom stereocenters. The Labute approximate surface area is 139 Å². The van der Waals surface area contributed by atoms with Crippen LogP contribution in [0.1, 0.15) is 51.5 Å². The zero-order valence-electron chi connectivity index (χ0n) is 14.5. The topological polar surface area (TPSA) is 42.0 Å². The van der Waals surface area contributed by atoms with Crippen LogP contribution in [0.4, 0.5) is 0 Å². The molecule has 1 saturated heterocycles. The molecule has 3 heteroatoms. The molecular weight excluding hydrogens is 288 g/mol. The minimum Gasteiger partial charge on any atom is -0.497 e. The summed E-state index contributed by atoms with van der Waals surface area (Å²) in [5, 5.41) is 10.6. The molecule has 0 aromatic heterocycles. The number of aryl methyl sites for hydroxylation is 1.